The van der Waals surface area contributed by atoms with Gasteiger partial charge in [-0.25, -0.2) is 4.98 Å². The van der Waals surface area contributed by atoms with E-state index >= 15 is 0 Å². The van der Waals surface area contributed by atoms with E-state index in [0.29, 0.717) is 15.3 Å². The Bertz CT molecular complexity index is 310. The monoisotopic (exact) mass is 253 g/mol. The summed E-state index contributed by atoms with van der Waals surface area (Å²) in [6.07, 6.45) is 0. The second-order valence-electron chi connectivity index (χ2n) is 3.84. The Morgan fingerprint density at radius 1 is 1.15 bits per heavy atom. The molecule has 0 amide bonds. The summed E-state index contributed by atoms with van der Waals surface area (Å²) in [7, 11) is -1.53. The van der Waals surface area contributed by atoms with Gasteiger partial charge in [0.15, 0.2) is 0 Å². The molecular formula is C8H10Cl3NSi. The van der Waals surface area contributed by atoms with E-state index in [0.717, 1.165) is 5.19 Å². The van der Waals surface area contributed by atoms with Gasteiger partial charge in [-0.15, -0.1) is 0 Å². The minimum Gasteiger partial charge on any atom is -0.224 e. The highest BCUT2D eigenvalue weighted by molar-refractivity contribution is 6.91. The van der Waals surface area contributed by atoms with Crippen LogP contribution >= 0.6 is 34.8 Å². The van der Waals surface area contributed by atoms with Gasteiger partial charge < -0.3 is 0 Å². The zero-order valence-electron chi connectivity index (χ0n) is 7.66. The summed E-state index contributed by atoms with van der Waals surface area (Å²) in [5.41, 5.74) is 0. The van der Waals surface area contributed by atoms with Gasteiger partial charge >= 0.3 is 0 Å². The molecule has 0 bridgehead atoms. The van der Waals surface area contributed by atoms with Crippen molar-refractivity contribution in [2.24, 2.45) is 0 Å². The van der Waals surface area contributed by atoms with Crippen LogP contribution in [0.2, 0.25) is 35.0 Å². The van der Waals surface area contributed by atoms with E-state index < -0.39 is 8.07 Å². The number of halogens is 3. The van der Waals surface area contributed by atoms with Gasteiger partial charge in [0.1, 0.15) is 10.3 Å². The van der Waals surface area contributed by atoms with E-state index in [-0.39, 0.29) is 0 Å². The van der Waals surface area contributed by atoms with Crippen molar-refractivity contribution in [3.63, 3.8) is 0 Å². The predicted molar refractivity (Wildman–Crippen MR) is 62.2 cm³/mol. The molecular weight excluding hydrogens is 245 g/mol. The van der Waals surface area contributed by atoms with Crippen molar-refractivity contribution in [2.45, 2.75) is 19.6 Å². The zero-order chi connectivity index (χ0) is 10.2. The minimum atomic E-state index is -1.53. The average Bonchev–Trinajstić information content (AvgIpc) is 1.78. The normalized spacial score (nSPS) is 11.8. The van der Waals surface area contributed by atoms with E-state index in [2.05, 4.69) is 24.6 Å². The van der Waals surface area contributed by atoms with E-state index in [4.69, 9.17) is 34.8 Å². The average molecular weight is 255 g/mol. The van der Waals surface area contributed by atoms with Crippen LogP contribution in [0.4, 0.5) is 0 Å². The standard InChI is InChI=1S/C8H10Cl3NSi/c1-13(2,3)7-5(9)4-6(10)12-8(7)11/h4H,1-3H3. The Morgan fingerprint density at radius 2 is 1.69 bits per heavy atom. The van der Waals surface area contributed by atoms with Crippen LogP contribution in [0.25, 0.3) is 0 Å². The number of aromatic nitrogens is 1. The largest absolute Gasteiger partial charge is 0.224 e. The molecule has 0 unspecified atom stereocenters. The van der Waals surface area contributed by atoms with Crippen LogP contribution in [0.1, 0.15) is 0 Å². The fourth-order valence-corrected chi connectivity index (χ4v) is 5.02. The van der Waals surface area contributed by atoms with E-state index in [1.54, 1.807) is 6.07 Å². The predicted octanol–water partition coefficient (Wildman–Crippen LogP) is 3.59. The number of hydrogen-bond acceptors (Lipinski definition) is 1. The van der Waals surface area contributed by atoms with Crippen molar-refractivity contribution in [2.75, 3.05) is 0 Å². The van der Waals surface area contributed by atoms with Crippen LogP contribution in [0.3, 0.4) is 0 Å². The Kier molecular flexibility index (Phi) is 3.28. The van der Waals surface area contributed by atoms with Crippen LogP contribution in [0.15, 0.2) is 6.07 Å². The topological polar surface area (TPSA) is 12.9 Å². The molecule has 0 saturated carbocycles. The van der Waals surface area contributed by atoms with Crippen molar-refractivity contribution in [1.29, 1.82) is 0 Å². The van der Waals surface area contributed by atoms with Crippen molar-refractivity contribution in [3.8, 4) is 0 Å². The Morgan fingerprint density at radius 3 is 2.08 bits per heavy atom. The first kappa shape index (κ1) is 11.3. The lowest BCUT2D eigenvalue weighted by molar-refractivity contribution is 1.34. The van der Waals surface area contributed by atoms with Gasteiger partial charge in [-0.3, -0.25) is 0 Å². The maximum absolute atomic E-state index is 6.05. The molecule has 0 aliphatic heterocycles. The third kappa shape index (κ3) is 2.59. The van der Waals surface area contributed by atoms with E-state index in [9.17, 15) is 0 Å². The third-order valence-corrected chi connectivity index (χ3v) is 4.73. The zero-order valence-corrected chi connectivity index (χ0v) is 10.9. The first-order valence-electron chi connectivity index (χ1n) is 3.84. The van der Waals surface area contributed by atoms with Crippen LogP contribution < -0.4 is 5.19 Å². The highest BCUT2D eigenvalue weighted by Gasteiger charge is 2.24. The molecule has 13 heavy (non-hydrogen) atoms. The molecule has 0 saturated heterocycles. The van der Waals surface area contributed by atoms with Crippen LogP contribution in [0.5, 0.6) is 0 Å². The summed E-state index contributed by atoms with van der Waals surface area (Å²) in [6.45, 7) is 6.49. The molecule has 1 nitrogen and oxygen atoms in total. The van der Waals surface area contributed by atoms with Crippen LogP contribution in [0, 0.1) is 0 Å². The van der Waals surface area contributed by atoms with E-state index in [1.807, 2.05) is 0 Å². The SMILES string of the molecule is C[Si](C)(C)c1c(Cl)cc(Cl)nc1Cl. The van der Waals surface area contributed by atoms with Gasteiger partial charge in [0.25, 0.3) is 0 Å². The summed E-state index contributed by atoms with van der Waals surface area (Å²) in [5, 5.41) is 2.39. The number of rotatable bonds is 1. The fraction of sp³-hybridized carbons (Fsp3) is 0.375. The van der Waals surface area contributed by atoms with Gasteiger partial charge in [-0.1, -0.05) is 54.4 Å². The first-order chi connectivity index (χ1) is 5.82. The molecule has 0 atom stereocenters. The fourth-order valence-electron chi connectivity index (χ4n) is 1.12. The van der Waals surface area contributed by atoms with Crippen LogP contribution in [-0.4, -0.2) is 13.1 Å². The molecule has 1 aromatic heterocycles. The summed E-state index contributed by atoms with van der Waals surface area (Å²) in [6, 6.07) is 1.64. The summed E-state index contributed by atoms with van der Waals surface area (Å²) >= 11 is 17.7. The lowest BCUT2D eigenvalue weighted by Gasteiger charge is -2.19. The molecule has 0 aliphatic carbocycles. The lowest BCUT2D eigenvalue weighted by Crippen LogP contribution is -2.39. The molecule has 72 valence electrons. The molecule has 1 rings (SSSR count). The summed E-state index contributed by atoms with van der Waals surface area (Å²) in [5.74, 6) is 0. The molecule has 1 heterocycles. The summed E-state index contributed by atoms with van der Waals surface area (Å²) in [4.78, 5) is 3.98. The second kappa shape index (κ2) is 3.77. The van der Waals surface area contributed by atoms with Crippen molar-refractivity contribution < 1.29 is 0 Å². The highest BCUT2D eigenvalue weighted by atomic mass is 35.5. The maximum Gasteiger partial charge on any atom is 0.132 e. The van der Waals surface area contributed by atoms with Gasteiger partial charge in [0.2, 0.25) is 0 Å². The molecule has 0 radical (unpaired) electrons. The Labute approximate surface area is 94.0 Å². The number of nitrogens with zero attached hydrogens (tertiary/aromatic N) is 1. The molecule has 0 aromatic carbocycles. The van der Waals surface area contributed by atoms with Gasteiger partial charge in [0.05, 0.1) is 8.07 Å². The van der Waals surface area contributed by atoms with Crippen molar-refractivity contribution >= 4 is 48.1 Å². The smallest absolute Gasteiger partial charge is 0.132 e. The first-order valence-corrected chi connectivity index (χ1v) is 8.48. The van der Waals surface area contributed by atoms with Gasteiger partial charge in [-0.05, 0) is 11.3 Å². The summed E-state index contributed by atoms with van der Waals surface area (Å²) < 4.78 is 0. The number of pyridine rings is 1. The third-order valence-electron chi connectivity index (χ3n) is 1.65. The minimum absolute atomic E-state index is 0.344. The Balaban J connectivity index is 3.38. The quantitative estimate of drug-likeness (QED) is 0.551. The molecule has 0 spiro atoms. The van der Waals surface area contributed by atoms with Crippen molar-refractivity contribution in [3.05, 3.63) is 21.4 Å². The molecule has 1 aromatic rings. The number of hydrogen-bond donors (Lipinski definition) is 0. The van der Waals surface area contributed by atoms with E-state index in [1.165, 1.54) is 0 Å². The molecule has 0 N–H and O–H groups in total. The maximum atomic E-state index is 6.05. The Hall–Kier alpha value is 0.237. The lowest BCUT2D eigenvalue weighted by atomic mass is 10.5. The second-order valence-corrected chi connectivity index (χ2v) is 10.00. The molecule has 0 fully saturated rings. The van der Waals surface area contributed by atoms with Gasteiger partial charge in [0, 0.05) is 5.02 Å². The molecule has 0 aliphatic rings. The van der Waals surface area contributed by atoms with Crippen LogP contribution in [-0.2, 0) is 0 Å². The van der Waals surface area contributed by atoms with Crippen molar-refractivity contribution in [1.82, 2.24) is 4.98 Å². The van der Waals surface area contributed by atoms with Gasteiger partial charge in [-0.2, -0.15) is 0 Å². The highest BCUT2D eigenvalue weighted by Crippen LogP contribution is 2.21. The molecule has 5 heteroatoms.